The van der Waals surface area contributed by atoms with Crippen LogP contribution in [0.4, 0.5) is 10.1 Å². The second-order valence-corrected chi connectivity index (χ2v) is 12.1. The average molecular weight is 645 g/mol. The zero-order valence-electron chi connectivity index (χ0n) is 20.7. The van der Waals surface area contributed by atoms with Crippen LogP contribution in [0.5, 0.6) is 0 Å². The predicted molar refractivity (Wildman–Crippen MR) is 154 cm³/mol. The van der Waals surface area contributed by atoms with Gasteiger partial charge in [-0.2, -0.15) is 0 Å². The number of anilines is 1. The molecular formula is C28H26FIN4O3S. The summed E-state index contributed by atoms with van der Waals surface area (Å²) in [6, 6.07) is 18.9. The molecule has 1 fully saturated rings. The van der Waals surface area contributed by atoms with Gasteiger partial charge in [-0.3, -0.25) is 19.4 Å². The van der Waals surface area contributed by atoms with Crippen molar-refractivity contribution in [2.45, 2.75) is 18.4 Å². The van der Waals surface area contributed by atoms with E-state index < -0.39 is 10.0 Å². The molecule has 2 heterocycles. The smallest absolute Gasteiger partial charge is 0.264 e. The highest BCUT2D eigenvalue weighted by molar-refractivity contribution is 14.1. The number of hydrogen-bond donors (Lipinski definition) is 1. The molecule has 0 saturated carbocycles. The molecule has 1 aromatic heterocycles. The molecule has 1 aliphatic heterocycles. The minimum Gasteiger partial charge on any atom is -0.336 e. The van der Waals surface area contributed by atoms with Crippen LogP contribution in [0.25, 0.3) is 10.9 Å². The molecular weight excluding hydrogens is 618 g/mol. The second kappa shape index (κ2) is 11.0. The third-order valence-electron chi connectivity index (χ3n) is 6.65. The van der Waals surface area contributed by atoms with Gasteiger partial charge in [-0.25, -0.2) is 12.8 Å². The van der Waals surface area contributed by atoms with Crippen LogP contribution in [0.15, 0.2) is 77.8 Å². The van der Waals surface area contributed by atoms with Crippen LogP contribution in [-0.2, 0) is 16.6 Å². The predicted octanol–water partition coefficient (Wildman–Crippen LogP) is 5.05. The van der Waals surface area contributed by atoms with E-state index in [0.29, 0.717) is 58.6 Å². The first-order valence-corrected chi connectivity index (χ1v) is 14.7. The van der Waals surface area contributed by atoms with Crippen molar-refractivity contribution in [1.29, 1.82) is 0 Å². The molecule has 5 rings (SSSR count). The maximum atomic E-state index is 13.9. The lowest BCUT2D eigenvalue weighted by Crippen LogP contribution is -2.48. The Hall–Kier alpha value is -3.09. The number of benzene rings is 3. The molecule has 1 N–H and O–H groups in total. The van der Waals surface area contributed by atoms with Gasteiger partial charge >= 0.3 is 0 Å². The molecule has 196 valence electrons. The fraction of sp³-hybridized carbons (Fsp3) is 0.214. The number of aromatic nitrogens is 1. The van der Waals surface area contributed by atoms with Gasteiger partial charge in [-0.05, 0) is 83.1 Å². The number of halogens is 2. The lowest BCUT2D eigenvalue weighted by Gasteiger charge is -2.35. The number of piperazine rings is 1. The minimum atomic E-state index is -3.89. The number of hydrogen-bond acceptors (Lipinski definition) is 5. The van der Waals surface area contributed by atoms with Crippen molar-refractivity contribution in [1.82, 2.24) is 14.8 Å². The van der Waals surface area contributed by atoms with Crippen molar-refractivity contribution in [3.63, 3.8) is 0 Å². The fourth-order valence-corrected chi connectivity index (χ4v) is 6.24. The van der Waals surface area contributed by atoms with Crippen molar-refractivity contribution < 1.29 is 17.6 Å². The van der Waals surface area contributed by atoms with Crippen LogP contribution in [0.3, 0.4) is 0 Å². The third kappa shape index (κ3) is 5.67. The molecule has 4 aromatic rings. The average Bonchev–Trinajstić information content (AvgIpc) is 2.91. The van der Waals surface area contributed by atoms with Crippen molar-refractivity contribution in [2.24, 2.45) is 0 Å². The second-order valence-electron chi connectivity index (χ2n) is 9.28. The monoisotopic (exact) mass is 644 g/mol. The van der Waals surface area contributed by atoms with E-state index in [1.807, 2.05) is 40.8 Å². The quantitative estimate of drug-likeness (QED) is 0.298. The first-order valence-electron chi connectivity index (χ1n) is 12.1. The van der Waals surface area contributed by atoms with E-state index in [1.54, 1.807) is 60.5 Å². The van der Waals surface area contributed by atoms with Crippen molar-refractivity contribution in [3.8, 4) is 0 Å². The van der Waals surface area contributed by atoms with E-state index in [0.717, 1.165) is 10.9 Å². The van der Waals surface area contributed by atoms with Gasteiger partial charge in [0, 0.05) is 53.4 Å². The van der Waals surface area contributed by atoms with Crippen LogP contribution in [0.1, 0.15) is 21.5 Å². The summed E-state index contributed by atoms with van der Waals surface area (Å²) in [4.78, 5) is 21.5. The molecule has 0 bridgehead atoms. The number of carbonyl (C=O) groups is 1. The molecule has 0 spiro atoms. The summed E-state index contributed by atoms with van der Waals surface area (Å²) in [6.45, 7) is 4.91. The number of rotatable bonds is 6. The summed E-state index contributed by atoms with van der Waals surface area (Å²) in [5.74, 6) is -0.312. The van der Waals surface area contributed by atoms with Crippen LogP contribution in [0.2, 0.25) is 0 Å². The van der Waals surface area contributed by atoms with Crippen LogP contribution < -0.4 is 4.72 Å². The molecule has 10 heteroatoms. The summed E-state index contributed by atoms with van der Waals surface area (Å²) in [5.41, 5.74) is 2.87. The highest BCUT2D eigenvalue weighted by Gasteiger charge is 2.24. The summed E-state index contributed by atoms with van der Waals surface area (Å²) in [7, 11) is -3.89. The topological polar surface area (TPSA) is 82.6 Å². The summed E-state index contributed by atoms with van der Waals surface area (Å²) in [6.07, 6.45) is 1.56. The Morgan fingerprint density at radius 1 is 1.03 bits per heavy atom. The number of pyridine rings is 1. The number of carbonyl (C=O) groups excluding carboxylic acids is 1. The number of nitrogens with zero attached hydrogens (tertiary/aromatic N) is 3. The third-order valence-corrected chi connectivity index (χ3v) is 8.92. The van der Waals surface area contributed by atoms with Gasteiger partial charge in [0.15, 0.2) is 0 Å². The van der Waals surface area contributed by atoms with Gasteiger partial charge in [0.2, 0.25) is 0 Å². The molecule has 1 amide bonds. The lowest BCUT2D eigenvalue weighted by atomic mass is 10.1. The number of sulfonamides is 1. The maximum Gasteiger partial charge on any atom is 0.264 e. The first kappa shape index (κ1) is 26.5. The number of aryl methyl sites for hydroxylation is 1. The van der Waals surface area contributed by atoms with Gasteiger partial charge in [-0.1, -0.05) is 24.3 Å². The normalized spacial score (nSPS) is 14.6. The van der Waals surface area contributed by atoms with Gasteiger partial charge in [-0.15, -0.1) is 0 Å². The molecule has 1 saturated heterocycles. The van der Waals surface area contributed by atoms with E-state index in [2.05, 4.69) is 14.6 Å². The fourth-order valence-electron chi connectivity index (χ4n) is 4.59. The van der Waals surface area contributed by atoms with Crippen molar-refractivity contribution in [2.75, 3.05) is 30.9 Å². The molecule has 0 aliphatic carbocycles. The molecule has 0 atom stereocenters. The lowest BCUT2D eigenvalue weighted by molar-refractivity contribution is 0.0628. The van der Waals surface area contributed by atoms with E-state index in [9.17, 15) is 17.6 Å². The molecule has 0 radical (unpaired) electrons. The van der Waals surface area contributed by atoms with E-state index in [-0.39, 0.29) is 16.6 Å². The van der Waals surface area contributed by atoms with E-state index in [4.69, 9.17) is 0 Å². The van der Waals surface area contributed by atoms with Gasteiger partial charge in [0.1, 0.15) is 10.7 Å². The van der Waals surface area contributed by atoms with Crippen molar-refractivity contribution >= 4 is 55.1 Å². The summed E-state index contributed by atoms with van der Waals surface area (Å²) in [5, 5.41) is 0.735. The molecule has 1 aliphatic rings. The van der Waals surface area contributed by atoms with Crippen LogP contribution in [0, 0.1) is 16.3 Å². The highest BCUT2D eigenvalue weighted by atomic mass is 127. The Labute approximate surface area is 234 Å². The Bertz CT molecular complexity index is 1620. The largest absolute Gasteiger partial charge is 0.336 e. The maximum absolute atomic E-state index is 13.9. The van der Waals surface area contributed by atoms with Gasteiger partial charge in [0.05, 0.1) is 11.2 Å². The Morgan fingerprint density at radius 3 is 2.53 bits per heavy atom. The summed E-state index contributed by atoms with van der Waals surface area (Å²) >= 11 is 1.97. The summed E-state index contributed by atoms with van der Waals surface area (Å²) < 4.78 is 43.5. The Balaban J connectivity index is 1.24. The number of para-hydroxylation sites is 1. The number of fused-ring (bicyclic) bond motifs is 1. The van der Waals surface area contributed by atoms with Gasteiger partial charge in [0.25, 0.3) is 15.9 Å². The highest BCUT2D eigenvalue weighted by Crippen LogP contribution is 2.26. The molecule has 3 aromatic carbocycles. The van der Waals surface area contributed by atoms with Crippen LogP contribution >= 0.6 is 22.6 Å². The van der Waals surface area contributed by atoms with Crippen molar-refractivity contribution in [3.05, 3.63) is 99.0 Å². The Kier molecular flexibility index (Phi) is 7.64. The van der Waals surface area contributed by atoms with Crippen LogP contribution in [-0.4, -0.2) is 55.3 Å². The van der Waals surface area contributed by atoms with Gasteiger partial charge < -0.3 is 4.90 Å². The zero-order chi connectivity index (χ0) is 26.9. The molecule has 0 unspecified atom stereocenters. The molecule has 7 nitrogen and oxygen atoms in total. The zero-order valence-corrected chi connectivity index (χ0v) is 23.7. The van der Waals surface area contributed by atoms with E-state index in [1.165, 1.54) is 6.07 Å². The molecule has 38 heavy (non-hydrogen) atoms. The van der Waals surface area contributed by atoms with E-state index >= 15 is 0 Å². The number of amides is 1. The Morgan fingerprint density at radius 2 is 1.79 bits per heavy atom. The SMILES string of the molecule is Cc1cc(C(=O)N2CCN(Cc3ccc(I)c(F)c3)CC2)ccc1NS(=O)(=O)c1cccc2cccnc12. The standard InChI is InChI=1S/C28H26FIN4O3S/c1-19-16-22(28(35)34-14-12-33(13-15-34)18-20-7-9-24(30)23(29)17-20)8-10-25(19)32-38(36,37)26-6-2-4-21-5-3-11-31-27(21)26/h2-11,16-17,32H,12-15,18H2,1H3. The number of nitrogens with one attached hydrogen (secondary N) is 1. The minimum absolute atomic E-state index is 0.0966. The first-order chi connectivity index (χ1) is 18.2.